The summed E-state index contributed by atoms with van der Waals surface area (Å²) in [6.45, 7) is 6.04. The lowest BCUT2D eigenvalue weighted by Crippen LogP contribution is -2.46. The van der Waals surface area contributed by atoms with Crippen molar-refractivity contribution in [2.45, 2.75) is 32.9 Å². The zero-order valence-electron chi connectivity index (χ0n) is 17.0. The molecule has 7 heteroatoms. The number of ether oxygens (including phenoxy) is 1. The van der Waals surface area contributed by atoms with E-state index in [1.165, 1.54) is 6.33 Å². The van der Waals surface area contributed by atoms with E-state index in [1.807, 2.05) is 57.2 Å². The third-order valence-electron chi connectivity index (χ3n) is 5.47. The fraction of sp³-hybridized carbons (Fsp3) is 0.318. The van der Waals surface area contributed by atoms with E-state index in [1.54, 1.807) is 11.8 Å². The van der Waals surface area contributed by atoms with Crippen LogP contribution < -0.4 is 15.4 Å². The summed E-state index contributed by atoms with van der Waals surface area (Å²) in [4.78, 5) is 17.7. The first-order valence-electron chi connectivity index (χ1n) is 9.66. The molecule has 2 N–H and O–H groups in total. The molecule has 29 heavy (non-hydrogen) atoms. The van der Waals surface area contributed by atoms with E-state index in [4.69, 9.17) is 4.74 Å². The smallest absolute Gasteiger partial charge is 0.232 e. The molecule has 0 saturated carbocycles. The Morgan fingerprint density at radius 3 is 2.62 bits per heavy atom. The molecule has 2 aromatic carbocycles. The third-order valence-corrected chi connectivity index (χ3v) is 5.47. The number of anilines is 2. The summed E-state index contributed by atoms with van der Waals surface area (Å²) in [5.74, 6) is 0.997. The van der Waals surface area contributed by atoms with Crippen molar-refractivity contribution in [1.29, 1.82) is 0 Å². The van der Waals surface area contributed by atoms with Gasteiger partial charge in [0.05, 0.1) is 19.1 Å². The summed E-state index contributed by atoms with van der Waals surface area (Å²) in [6.07, 6.45) is 1.51. The van der Waals surface area contributed by atoms with Gasteiger partial charge in [-0.25, -0.2) is 4.68 Å². The third kappa shape index (κ3) is 3.55. The van der Waals surface area contributed by atoms with Gasteiger partial charge in [0.1, 0.15) is 12.1 Å². The molecule has 3 atom stereocenters. The van der Waals surface area contributed by atoms with Gasteiger partial charge in [0.15, 0.2) is 0 Å². The maximum absolute atomic E-state index is 13.4. The molecular formula is C22H25N5O2. The summed E-state index contributed by atoms with van der Waals surface area (Å²) in [6, 6.07) is 13.4. The topological polar surface area (TPSA) is 81.1 Å². The fourth-order valence-corrected chi connectivity index (χ4v) is 3.97. The molecule has 3 aromatic rings. The molecule has 0 unspecified atom stereocenters. The number of nitrogens with zero attached hydrogens (tertiary/aromatic N) is 3. The Labute approximate surface area is 170 Å². The number of aromatic nitrogens is 3. The Morgan fingerprint density at radius 1 is 1.17 bits per heavy atom. The van der Waals surface area contributed by atoms with Crippen molar-refractivity contribution in [2.75, 3.05) is 17.7 Å². The van der Waals surface area contributed by atoms with Gasteiger partial charge in [0, 0.05) is 11.7 Å². The van der Waals surface area contributed by atoms with Crippen LogP contribution >= 0.6 is 0 Å². The molecule has 1 aromatic heterocycles. The van der Waals surface area contributed by atoms with E-state index in [0.29, 0.717) is 5.95 Å². The molecule has 0 saturated heterocycles. The molecule has 0 bridgehead atoms. The number of rotatable bonds is 4. The van der Waals surface area contributed by atoms with Crippen LogP contribution in [0.25, 0.3) is 0 Å². The highest BCUT2D eigenvalue weighted by atomic mass is 16.5. The molecule has 0 aliphatic carbocycles. The number of hydrogen-bond acceptors (Lipinski definition) is 5. The second-order valence-corrected chi connectivity index (χ2v) is 7.51. The van der Waals surface area contributed by atoms with Crippen molar-refractivity contribution in [1.82, 2.24) is 14.8 Å². The number of methoxy groups -OCH3 is 1. The van der Waals surface area contributed by atoms with Crippen LogP contribution in [0.1, 0.15) is 29.7 Å². The van der Waals surface area contributed by atoms with E-state index in [2.05, 4.69) is 26.8 Å². The molecule has 2 heterocycles. The zero-order chi connectivity index (χ0) is 20.5. The number of fused-ring (bicyclic) bond motifs is 1. The number of carbonyl (C=O) groups excluding carboxylic acids is 1. The first-order chi connectivity index (χ1) is 14.0. The number of aryl methyl sites for hydroxylation is 2. The summed E-state index contributed by atoms with van der Waals surface area (Å²) in [5.41, 5.74) is 4.01. The van der Waals surface area contributed by atoms with E-state index in [9.17, 15) is 4.79 Å². The minimum Gasteiger partial charge on any atom is -0.497 e. The Hall–Kier alpha value is -3.35. The second kappa shape index (κ2) is 7.58. The maximum atomic E-state index is 13.4. The van der Waals surface area contributed by atoms with E-state index in [-0.39, 0.29) is 23.9 Å². The lowest BCUT2D eigenvalue weighted by atomic mass is 9.85. The Kier molecular flexibility index (Phi) is 4.96. The fourth-order valence-electron chi connectivity index (χ4n) is 3.97. The highest BCUT2D eigenvalue weighted by molar-refractivity contribution is 5.94. The summed E-state index contributed by atoms with van der Waals surface area (Å²) >= 11 is 0. The van der Waals surface area contributed by atoms with Gasteiger partial charge in [-0.1, -0.05) is 29.8 Å². The first-order valence-corrected chi connectivity index (χ1v) is 9.66. The molecule has 1 aliphatic rings. The Balaban J connectivity index is 1.71. The lowest BCUT2D eigenvalue weighted by Gasteiger charge is -2.37. The SMILES string of the molecule is COc1ccc([C@@H]2[C@H](C(=O)Nc3ccc(C)cc3C)[C@H](C)Nc3ncnn32)cc1. The van der Waals surface area contributed by atoms with Crippen LogP contribution in [-0.4, -0.2) is 33.8 Å². The molecular weight excluding hydrogens is 366 g/mol. The van der Waals surface area contributed by atoms with Crippen molar-refractivity contribution in [3.8, 4) is 5.75 Å². The molecule has 4 rings (SSSR count). The minimum atomic E-state index is -0.377. The van der Waals surface area contributed by atoms with Crippen LogP contribution in [0.3, 0.4) is 0 Å². The summed E-state index contributed by atoms with van der Waals surface area (Å²) < 4.78 is 7.07. The van der Waals surface area contributed by atoms with Gasteiger partial charge < -0.3 is 15.4 Å². The van der Waals surface area contributed by atoms with Gasteiger partial charge in [-0.3, -0.25) is 4.79 Å². The minimum absolute atomic E-state index is 0.0566. The van der Waals surface area contributed by atoms with Gasteiger partial charge in [-0.15, -0.1) is 0 Å². The molecule has 7 nitrogen and oxygen atoms in total. The molecule has 1 amide bonds. The molecule has 1 aliphatic heterocycles. The highest BCUT2D eigenvalue weighted by Gasteiger charge is 2.41. The van der Waals surface area contributed by atoms with Crippen molar-refractivity contribution < 1.29 is 9.53 Å². The van der Waals surface area contributed by atoms with Gasteiger partial charge in [-0.2, -0.15) is 10.1 Å². The second-order valence-electron chi connectivity index (χ2n) is 7.51. The van der Waals surface area contributed by atoms with Crippen molar-refractivity contribution in [3.63, 3.8) is 0 Å². The van der Waals surface area contributed by atoms with Crippen molar-refractivity contribution in [3.05, 3.63) is 65.5 Å². The lowest BCUT2D eigenvalue weighted by molar-refractivity contribution is -0.121. The largest absolute Gasteiger partial charge is 0.497 e. The van der Waals surface area contributed by atoms with Gasteiger partial charge >= 0.3 is 0 Å². The standard InChI is InChI=1S/C22H25N5O2/c1-13-5-10-18(14(2)11-13)26-21(28)19-15(3)25-22-23-12-24-27(22)20(19)16-6-8-17(29-4)9-7-16/h5-12,15,19-20H,1-4H3,(H,26,28)(H,23,24,25)/t15-,19+,20+/m0/s1. The predicted molar refractivity (Wildman–Crippen MR) is 112 cm³/mol. The number of amides is 1. The normalized spacial score (nSPS) is 20.5. The van der Waals surface area contributed by atoms with E-state index >= 15 is 0 Å². The molecule has 0 spiro atoms. The van der Waals surface area contributed by atoms with E-state index in [0.717, 1.165) is 28.1 Å². The quantitative estimate of drug-likeness (QED) is 0.711. The highest BCUT2D eigenvalue weighted by Crippen LogP contribution is 2.37. The van der Waals surface area contributed by atoms with Crippen LogP contribution in [0, 0.1) is 19.8 Å². The molecule has 0 radical (unpaired) electrons. The number of carbonyl (C=O) groups is 1. The molecule has 0 fully saturated rings. The number of hydrogen-bond donors (Lipinski definition) is 2. The van der Waals surface area contributed by atoms with Crippen molar-refractivity contribution >= 4 is 17.5 Å². The van der Waals surface area contributed by atoms with E-state index < -0.39 is 0 Å². The van der Waals surface area contributed by atoms with Crippen molar-refractivity contribution in [2.24, 2.45) is 5.92 Å². The Morgan fingerprint density at radius 2 is 1.93 bits per heavy atom. The van der Waals surface area contributed by atoms with Gasteiger partial charge in [0.25, 0.3) is 0 Å². The average molecular weight is 391 g/mol. The predicted octanol–water partition coefficient (Wildman–Crippen LogP) is 3.56. The average Bonchev–Trinajstić information content (AvgIpc) is 3.17. The van der Waals surface area contributed by atoms with Crippen LogP contribution in [0.2, 0.25) is 0 Å². The monoisotopic (exact) mass is 391 g/mol. The summed E-state index contributed by atoms with van der Waals surface area (Å²) in [5, 5.41) is 10.8. The van der Waals surface area contributed by atoms with Gasteiger partial charge in [-0.05, 0) is 50.1 Å². The van der Waals surface area contributed by atoms with Crippen LogP contribution in [0.5, 0.6) is 5.75 Å². The number of nitrogens with one attached hydrogen (secondary N) is 2. The summed E-state index contributed by atoms with van der Waals surface area (Å²) in [7, 11) is 1.64. The number of benzene rings is 2. The Bertz CT molecular complexity index is 1030. The molecule has 150 valence electrons. The van der Waals surface area contributed by atoms with Crippen LogP contribution in [0.15, 0.2) is 48.8 Å². The maximum Gasteiger partial charge on any atom is 0.232 e. The zero-order valence-corrected chi connectivity index (χ0v) is 17.0. The first kappa shape index (κ1) is 19.0. The van der Waals surface area contributed by atoms with Crippen LogP contribution in [0.4, 0.5) is 11.6 Å². The van der Waals surface area contributed by atoms with Gasteiger partial charge in [0.2, 0.25) is 11.9 Å². The van der Waals surface area contributed by atoms with Crippen LogP contribution in [-0.2, 0) is 4.79 Å².